The summed E-state index contributed by atoms with van der Waals surface area (Å²) in [5.41, 5.74) is 0. The molecular formula is C18H23ClN2O6. The Labute approximate surface area is 162 Å². The molecule has 0 aromatic heterocycles. The van der Waals surface area contributed by atoms with E-state index in [1.807, 2.05) is 0 Å². The van der Waals surface area contributed by atoms with Gasteiger partial charge in [-0.15, -0.1) is 0 Å². The van der Waals surface area contributed by atoms with Crippen LogP contribution < -0.4 is 10.1 Å². The first-order valence-electron chi connectivity index (χ1n) is 8.73. The quantitative estimate of drug-likeness (QED) is 0.706. The van der Waals surface area contributed by atoms with Crippen LogP contribution in [0, 0.1) is 0 Å². The molecule has 148 valence electrons. The lowest BCUT2D eigenvalue weighted by molar-refractivity contribution is -0.150. The molecule has 27 heavy (non-hydrogen) atoms. The Morgan fingerprint density at radius 3 is 2.52 bits per heavy atom. The summed E-state index contributed by atoms with van der Waals surface area (Å²) in [5.74, 6) is -0.688. The van der Waals surface area contributed by atoms with E-state index in [9.17, 15) is 14.4 Å². The lowest BCUT2D eigenvalue weighted by atomic mass is 10.1. The number of halogens is 1. The monoisotopic (exact) mass is 398 g/mol. The first-order valence-corrected chi connectivity index (χ1v) is 9.11. The molecule has 1 aromatic rings. The van der Waals surface area contributed by atoms with Gasteiger partial charge in [0.25, 0.3) is 5.91 Å². The van der Waals surface area contributed by atoms with Crippen LogP contribution in [0.25, 0.3) is 0 Å². The summed E-state index contributed by atoms with van der Waals surface area (Å²) >= 11 is 5.92. The summed E-state index contributed by atoms with van der Waals surface area (Å²) in [6, 6.07) is 6.68. The van der Waals surface area contributed by atoms with Gasteiger partial charge < -0.3 is 24.4 Å². The molecule has 2 amide bonds. The Balaban J connectivity index is 1.63. The first kappa shape index (κ1) is 20.8. The van der Waals surface area contributed by atoms with Gasteiger partial charge in [-0.3, -0.25) is 4.79 Å². The van der Waals surface area contributed by atoms with Crippen LogP contribution in [0.4, 0.5) is 4.79 Å². The fraction of sp³-hybridized carbons (Fsp3) is 0.500. The number of ether oxygens (including phenoxy) is 3. The minimum Gasteiger partial charge on any atom is -0.480 e. The zero-order valence-electron chi connectivity index (χ0n) is 15.1. The van der Waals surface area contributed by atoms with Gasteiger partial charge in [-0.1, -0.05) is 23.7 Å². The van der Waals surface area contributed by atoms with Gasteiger partial charge >= 0.3 is 12.1 Å². The zero-order chi connectivity index (χ0) is 19.6. The number of hydrogen-bond acceptors (Lipinski definition) is 6. The maximum absolute atomic E-state index is 11.9. The molecule has 8 nitrogen and oxygen atoms in total. The Hall–Kier alpha value is -2.48. The number of hydrogen-bond donors (Lipinski definition) is 1. The lowest BCUT2D eigenvalue weighted by Crippen LogP contribution is -2.47. The number of benzene rings is 1. The van der Waals surface area contributed by atoms with E-state index >= 15 is 0 Å². The summed E-state index contributed by atoms with van der Waals surface area (Å²) in [5, 5.41) is 3.18. The highest BCUT2D eigenvalue weighted by Crippen LogP contribution is 2.22. The van der Waals surface area contributed by atoms with Crippen LogP contribution in [-0.4, -0.2) is 61.8 Å². The second kappa shape index (κ2) is 10.6. The Morgan fingerprint density at radius 2 is 1.85 bits per heavy atom. The summed E-state index contributed by atoms with van der Waals surface area (Å²) in [4.78, 5) is 36.8. The number of nitrogens with one attached hydrogen (secondary N) is 1. The first-order chi connectivity index (χ1) is 13.0. The molecule has 1 heterocycles. The maximum Gasteiger partial charge on any atom is 0.409 e. The number of rotatable bonds is 7. The Morgan fingerprint density at radius 1 is 1.15 bits per heavy atom. The van der Waals surface area contributed by atoms with Crippen LogP contribution in [0.15, 0.2) is 24.3 Å². The molecule has 9 heteroatoms. The van der Waals surface area contributed by atoms with Gasteiger partial charge in [-0.25, -0.2) is 9.59 Å². The van der Waals surface area contributed by atoms with Crippen molar-refractivity contribution in [1.82, 2.24) is 10.2 Å². The molecule has 1 aliphatic heterocycles. The van der Waals surface area contributed by atoms with Crippen molar-refractivity contribution in [3.8, 4) is 5.75 Å². The molecule has 0 spiro atoms. The van der Waals surface area contributed by atoms with Gasteiger partial charge in [0.2, 0.25) is 0 Å². The van der Waals surface area contributed by atoms with Gasteiger partial charge in [-0.05, 0) is 31.9 Å². The van der Waals surface area contributed by atoms with Gasteiger partial charge in [0.1, 0.15) is 5.75 Å². The summed E-state index contributed by atoms with van der Waals surface area (Å²) < 4.78 is 15.1. The molecule has 0 atom stereocenters. The second-order valence-electron chi connectivity index (χ2n) is 5.91. The molecule has 1 aliphatic rings. The van der Waals surface area contributed by atoms with E-state index in [-0.39, 0.29) is 25.3 Å². The minimum absolute atomic E-state index is 0.0683. The van der Waals surface area contributed by atoms with Crippen molar-refractivity contribution in [2.24, 2.45) is 0 Å². The van der Waals surface area contributed by atoms with Crippen LogP contribution in [0.1, 0.15) is 19.8 Å². The number of esters is 1. The largest absolute Gasteiger partial charge is 0.480 e. The molecule has 0 saturated carbocycles. The van der Waals surface area contributed by atoms with Crippen molar-refractivity contribution in [3.05, 3.63) is 29.3 Å². The van der Waals surface area contributed by atoms with E-state index in [4.69, 9.17) is 25.8 Å². The van der Waals surface area contributed by atoms with Gasteiger partial charge in [0, 0.05) is 19.1 Å². The van der Waals surface area contributed by atoms with Crippen LogP contribution in [0.3, 0.4) is 0 Å². The molecule has 1 saturated heterocycles. The van der Waals surface area contributed by atoms with E-state index in [0.29, 0.717) is 43.3 Å². The van der Waals surface area contributed by atoms with Crippen molar-refractivity contribution in [2.75, 3.05) is 32.9 Å². The van der Waals surface area contributed by atoms with Crippen molar-refractivity contribution in [3.63, 3.8) is 0 Å². The number of carbonyl (C=O) groups is 3. The van der Waals surface area contributed by atoms with Crippen molar-refractivity contribution >= 4 is 29.6 Å². The second-order valence-corrected chi connectivity index (χ2v) is 6.31. The van der Waals surface area contributed by atoms with E-state index in [2.05, 4.69) is 5.32 Å². The van der Waals surface area contributed by atoms with Crippen LogP contribution in [0.5, 0.6) is 5.75 Å². The highest BCUT2D eigenvalue weighted by atomic mass is 35.5. The van der Waals surface area contributed by atoms with Crippen LogP contribution >= 0.6 is 11.6 Å². The Bertz CT molecular complexity index is 661. The average molecular weight is 399 g/mol. The maximum atomic E-state index is 11.9. The minimum atomic E-state index is -0.665. The van der Waals surface area contributed by atoms with E-state index in [1.165, 1.54) is 0 Å². The third-order valence-corrected chi connectivity index (χ3v) is 4.24. The van der Waals surface area contributed by atoms with Crippen LogP contribution in [0.2, 0.25) is 5.02 Å². The van der Waals surface area contributed by atoms with Crippen LogP contribution in [-0.2, 0) is 19.1 Å². The molecule has 0 aliphatic carbocycles. The van der Waals surface area contributed by atoms with E-state index < -0.39 is 11.9 Å². The molecule has 0 bridgehead atoms. The zero-order valence-corrected chi connectivity index (χ0v) is 15.9. The summed E-state index contributed by atoms with van der Waals surface area (Å²) in [6.07, 6.45) is 0.900. The fourth-order valence-corrected chi connectivity index (χ4v) is 2.77. The van der Waals surface area contributed by atoms with Gasteiger partial charge in [0.15, 0.2) is 13.2 Å². The van der Waals surface area contributed by atoms with Gasteiger partial charge in [0.05, 0.1) is 11.6 Å². The third kappa shape index (κ3) is 6.97. The number of para-hydroxylation sites is 1. The molecule has 2 rings (SSSR count). The lowest BCUT2D eigenvalue weighted by Gasteiger charge is -2.31. The predicted octanol–water partition coefficient (Wildman–Crippen LogP) is 2.00. The Kier molecular flexibility index (Phi) is 8.19. The highest BCUT2D eigenvalue weighted by Gasteiger charge is 2.24. The number of carbonyl (C=O) groups excluding carboxylic acids is 3. The molecule has 0 radical (unpaired) electrons. The molecule has 1 aromatic carbocycles. The molecule has 1 N–H and O–H groups in total. The number of likely N-dealkylation sites (tertiary alicyclic amines) is 1. The topological polar surface area (TPSA) is 94.2 Å². The van der Waals surface area contributed by atoms with Crippen molar-refractivity contribution in [2.45, 2.75) is 25.8 Å². The van der Waals surface area contributed by atoms with Gasteiger partial charge in [-0.2, -0.15) is 0 Å². The predicted molar refractivity (Wildman–Crippen MR) is 97.7 cm³/mol. The molecular weight excluding hydrogens is 376 g/mol. The van der Waals surface area contributed by atoms with E-state index in [1.54, 1.807) is 36.1 Å². The SMILES string of the molecule is CCOC(=O)N1CCC(NC(=O)COC(=O)COc2ccccc2Cl)CC1. The fourth-order valence-electron chi connectivity index (χ4n) is 2.58. The smallest absolute Gasteiger partial charge is 0.409 e. The number of amides is 2. The average Bonchev–Trinajstić information content (AvgIpc) is 2.66. The van der Waals surface area contributed by atoms with Crippen molar-refractivity contribution in [1.29, 1.82) is 0 Å². The summed E-state index contributed by atoms with van der Waals surface area (Å²) in [7, 11) is 0. The van der Waals surface area contributed by atoms with E-state index in [0.717, 1.165) is 0 Å². The summed E-state index contributed by atoms with van der Waals surface area (Å²) in [6.45, 7) is 2.38. The highest BCUT2D eigenvalue weighted by molar-refractivity contribution is 6.32. The number of nitrogens with zero attached hydrogens (tertiary/aromatic N) is 1. The molecule has 0 unspecified atom stereocenters. The standard InChI is InChI=1S/C18H23ClN2O6/c1-2-25-18(24)21-9-7-13(8-10-21)20-16(22)11-27-17(23)12-26-15-6-4-3-5-14(15)19/h3-6,13H,2,7-12H2,1H3,(H,20,22). The normalized spacial score (nSPS) is 14.4. The molecule has 1 fully saturated rings. The number of piperidine rings is 1. The van der Waals surface area contributed by atoms with Crippen molar-refractivity contribution < 1.29 is 28.6 Å². The third-order valence-electron chi connectivity index (χ3n) is 3.93.